The van der Waals surface area contributed by atoms with Gasteiger partial charge in [0.15, 0.2) is 6.29 Å². The van der Waals surface area contributed by atoms with Crippen LogP contribution in [0.5, 0.6) is 0 Å². The van der Waals surface area contributed by atoms with E-state index in [4.69, 9.17) is 19.3 Å². The second-order valence-corrected chi connectivity index (χ2v) is 3.08. The van der Waals surface area contributed by atoms with Crippen molar-refractivity contribution in [3.05, 3.63) is 0 Å². The summed E-state index contributed by atoms with van der Waals surface area (Å²) in [5.74, 6) is 0.0862. The Labute approximate surface area is 86.2 Å². The number of ether oxygens (including phenoxy) is 3. The van der Waals surface area contributed by atoms with Crippen LogP contribution in [-0.2, 0) is 14.2 Å². The molecule has 0 unspecified atom stereocenters. The fourth-order valence-electron chi connectivity index (χ4n) is 1.26. The van der Waals surface area contributed by atoms with Gasteiger partial charge >= 0.3 is 0 Å². The number of aliphatic hydroxyl groups is 1. The molecular weight excluding hydrogens is 184 g/mol. The van der Waals surface area contributed by atoms with E-state index in [1.54, 1.807) is 7.11 Å². The molecular formula is C10H22O4. The van der Waals surface area contributed by atoms with Crippen LogP contribution in [0.25, 0.3) is 0 Å². The third-order valence-electron chi connectivity index (χ3n) is 1.89. The molecule has 0 radical (unpaired) electrons. The molecule has 0 spiro atoms. The van der Waals surface area contributed by atoms with Gasteiger partial charge in [0.1, 0.15) is 0 Å². The van der Waals surface area contributed by atoms with Crippen LogP contribution in [0.15, 0.2) is 0 Å². The molecule has 4 heteroatoms. The zero-order valence-corrected chi connectivity index (χ0v) is 9.36. The largest absolute Gasteiger partial charge is 0.396 e. The van der Waals surface area contributed by atoms with Gasteiger partial charge in [0, 0.05) is 39.3 Å². The Hall–Kier alpha value is -0.160. The summed E-state index contributed by atoms with van der Waals surface area (Å²) in [6.45, 7) is 5.73. The minimum absolute atomic E-state index is 0.0862. The Kier molecular flexibility index (Phi) is 9.29. The van der Waals surface area contributed by atoms with Gasteiger partial charge in [-0.1, -0.05) is 0 Å². The quantitative estimate of drug-likeness (QED) is 0.572. The maximum Gasteiger partial charge on any atom is 0.157 e. The average Bonchev–Trinajstić information content (AvgIpc) is 2.18. The van der Waals surface area contributed by atoms with Crippen molar-refractivity contribution in [1.82, 2.24) is 0 Å². The van der Waals surface area contributed by atoms with E-state index in [0.29, 0.717) is 26.2 Å². The number of hydrogen-bond donors (Lipinski definition) is 1. The van der Waals surface area contributed by atoms with Gasteiger partial charge in [-0.15, -0.1) is 0 Å². The van der Waals surface area contributed by atoms with Crippen molar-refractivity contribution in [2.45, 2.75) is 26.6 Å². The summed E-state index contributed by atoms with van der Waals surface area (Å²) >= 11 is 0. The summed E-state index contributed by atoms with van der Waals surface area (Å²) < 4.78 is 15.7. The van der Waals surface area contributed by atoms with Gasteiger partial charge in [0.25, 0.3) is 0 Å². The summed E-state index contributed by atoms with van der Waals surface area (Å²) in [4.78, 5) is 0. The predicted octanol–water partition coefficient (Wildman–Crippen LogP) is 1.03. The van der Waals surface area contributed by atoms with E-state index in [-0.39, 0.29) is 18.8 Å². The molecule has 0 heterocycles. The number of rotatable bonds is 9. The monoisotopic (exact) mass is 206 g/mol. The highest BCUT2D eigenvalue weighted by molar-refractivity contribution is 4.59. The molecule has 0 aromatic heterocycles. The topological polar surface area (TPSA) is 47.9 Å². The number of methoxy groups -OCH3 is 1. The van der Waals surface area contributed by atoms with Gasteiger partial charge in [0.05, 0.1) is 6.61 Å². The molecule has 4 nitrogen and oxygen atoms in total. The van der Waals surface area contributed by atoms with E-state index in [2.05, 4.69) is 0 Å². The van der Waals surface area contributed by atoms with E-state index in [9.17, 15) is 0 Å². The Morgan fingerprint density at radius 2 is 1.71 bits per heavy atom. The molecule has 0 aromatic rings. The number of hydrogen-bond acceptors (Lipinski definition) is 4. The van der Waals surface area contributed by atoms with Gasteiger partial charge in [-0.3, -0.25) is 0 Å². The van der Waals surface area contributed by atoms with Gasteiger partial charge in [-0.05, 0) is 13.8 Å². The SMILES string of the molecule is CCOC(C[C@H](CO)COC)OCC. The molecule has 0 aromatic carbocycles. The van der Waals surface area contributed by atoms with Crippen molar-refractivity contribution in [2.24, 2.45) is 5.92 Å². The third-order valence-corrected chi connectivity index (χ3v) is 1.89. The van der Waals surface area contributed by atoms with Gasteiger partial charge < -0.3 is 19.3 Å². The normalized spacial score (nSPS) is 13.5. The standard InChI is InChI=1S/C10H22O4/c1-4-13-10(14-5-2)6-9(7-11)8-12-3/h9-11H,4-8H2,1-3H3/t9-/m1/s1. The molecule has 14 heavy (non-hydrogen) atoms. The van der Waals surface area contributed by atoms with Gasteiger partial charge in [-0.25, -0.2) is 0 Å². The van der Waals surface area contributed by atoms with Crippen molar-refractivity contribution < 1.29 is 19.3 Å². The van der Waals surface area contributed by atoms with Crippen LogP contribution in [0.2, 0.25) is 0 Å². The lowest BCUT2D eigenvalue weighted by Crippen LogP contribution is -2.25. The Balaban J connectivity index is 3.83. The first kappa shape index (κ1) is 13.8. The summed E-state index contributed by atoms with van der Waals surface area (Å²) in [5, 5.41) is 9.05. The Bertz CT molecular complexity index is 113. The Morgan fingerprint density at radius 1 is 1.14 bits per heavy atom. The summed E-state index contributed by atoms with van der Waals surface area (Å²) in [6, 6.07) is 0. The molecule has 0 aliphatic carbocycles. The highest BCUT2D eigenvalue weighted by Crippen LogP contribution is 2.11. The molecule has 0 rings (SSSR count). The van der Waals surface area contributed by atoms with Crippen LogP contribution in [0, 0.1) is 5.92 Å². The molecule has 0 saturated carbocycles. The first-order chi connectivity index (χ1) is 6.78. The van der Waals surface area contributed by atoms with Crippen molar-refractivity contribution >= 4 is 0 Å². The summed E-state index contributed by atoms with van der Waals surface area (Å²) in [7, 11) is 1.62. The van der Waals surface area contributed by atoms with Gasteiger partial charge in [0.2, 0.25) is 0 Å². The third kappa shape index (κ3) is 6.32. The zero-order valence-electron chi connectivity index (χ0n) is 9.36. The highest BCUT2D eigenvalue weighted by Gasteiger charge is 2.16. The lowest BCUT2D eigenvalue weighted by molar-refractivity contribution is -0.150. The van der Waals surface area contributed by atoms with E-state index in [1.807, 2.05) is 13.8 Å². The van der Waals surface area contributed by atoms with Gasteiger partial charge in [-0.2, -0.15) is 0 Å². The minimum Gasteiger partial charge on any atom is -0.396 e. The van der Waals surface area contributed by atoms with Crippen molar-refractivity contribution in [1.29, 1.82) is 0 Å². The van der Waals surface area contributed by atoms with Crippen LogP contribution < -0.4 is 0 Å². The fraction of sp³-hybridized carbons (Fsp3) is 1.00. The summed E-state index contributed by atoms with van der Waals surface area (Å²) in [5.41, 5.74) is 0. The van der Waals surface area contributed by atoms with Crippen LogP contribution in [0.3, 0.4) is 0 Å². The molecule has 86 valence electrons. The fourth-order valence-corrected chi connectivity index (χ4v) is 1.26. The van der Waals surface area contributed by atoms with E-state index < -0.39 is 0 Å². The first-order valence-corrected chi connectivity index (χ1v) is 5.11. The lowest BCUT2D eigenvalue weighted by Gasteiger charge is -2.21. The second kappa shape index (κ2) is 9.40. The maximum atomic E-state index is 9.05. The molecule has 0 fully saturated rings. The number of aliphatic hydroxyl groups excluding tert-OH is 1. The van der Waals surface area contributed by atoms with Crippen LogP contribution in [-0.4, -0.2) is 44.9 Å². The van der Waals surface area contributed by atoms with Crippen LogP contribution >= 0.6 is 0 Å². The summed E-state index contributed by atoms with van der Waals surface area (Å²) in [6.07, 6.45) is 0.448. The van der Waals surface area contributed by atoms with E-state index in [0.717, 1.165) is 0 Å². The predicted molar refractivity (Wildman–Crippen MR) is 54.1 cm³/mol. The van der Waals surface area contributed by atoms with Crippen molar-refractivity contribution in [2.75, 3.05) is 33.5 Å². The molecule has 0 saturated heterocycles. The van der Waals surface area contributed by atoms with Crippen LogP contribution in [0.4, 0.5) is 0 Å². The minimum atomic E-state index is -0.225. The van der Waals surface area contributed by atoms with E-state index >= 15 is 0 Å². The smallest absolute Gasteiger partial charge is 0.157 e. The van der Waals surface area contributed by atoms with Crippen molar-refractivity contribution in [3.8, 4) is 0 Å². The molecule has 1 atom stereocenters. The second-order valence-electron chi connectivity index (χ2n) is 3.08. The highest BCUT2D eigenvalue weighted by atomic mass is 16.7. The first-order valence-electron chi connectivity index (χ1n) is 5.11. The average molecular weight is 206 g/mol. The van der Waals surface area contributed by atoms with Crippen molar-refractivity contribution in [3.63, 3.8) is 0 Å². The molecule has 0 aliphatic heterocycles. The molecule has 0 aliphatic rings. The molecule has 0 bridgehead atoms. The molecule has 0 amide bonds. The molecule has 1 N–H and O–H groups in total. The van der Waals surface area contributed by atoms with E-state index in [1.165, 1.54) is 0 Å². The lowest BCUT2D eigenvalue weighted by atomic mass is 10.1. The van der Waals surface area contributed by atoms with Crippen LogP contribution in [0.1, 0.15) is 20.3 Å². The Morgan fingerprint density at radius 3 is 2.07 bits per heavy atom. The zero-order chi connectivity index (χ0) is 10.8. The maximum absolute atomic E-state index is 9.05.